The lowest BCUT2D eigenvalue weighted by Gasteiger charge is -2.34. The number of carbonyl (C=O) groups is 1. The van der Waals surface area contributed by atoms with Crippen LogP contribution in [0.4, 0.5) is 16.3 Å². The van der Waals surface area contributed by atoms with Crippen LogP contribution < -0.4 is 15.8 Å². The molecule has 4 rings (SSSR count). The minimum Gasteiger partial charge on any atom is -0.348 e. The topological polar surface area (TPSA) is 99.2 Å². The van der Waals surface area contributed by atoms with Gasteiger partial charge in [-0.2, -0.15) is 0 Å². The summed E-state index contributed by atoms with van der Waals surface area (Å²) in [5.74, 6) is 0.399. The lowest BCUT2D eigenvalue weighted by atomic mass is 10.2. The standard InChI is InChI=1S/C19H23N7O2/c1-2-7-26-13-22-15-12-14(3-4-16(15)26)23-19(28)25-10-8-24(9-11-25)17-18(27)21-6-5-20-17/h3-6,12-13H,2,7-11H2,1H3,(H,21,27)(H,23,28). The molecule has 0 spiro atoms. The molecule has 146 valence electrons. The van der Waals surface area contributed by atoms with Gasteiger partial charge in [0.15, 0.2) is 5.82 Å². The Bertz CT molecular complexity index is 1030. The van der Waals surface area contributed by atoms with Crippen LogP contribution in [-0.2, 0) is 6.54 Å². The van der Waals surface area contributed by atoms with Crippen LogP contribution in [0.5, 0.6) is 0 Å². The third-order valence-corrected chi connectivity index (χ3v) is 4.89. The van der Waals surface area contributed by atoms with Crippen molar-refractivity contribution in [3.63, 3.8) is 0 Å². The second kappa shape index (κ2) is 7.71. The molecule has 2 amide bonds. The van der Waals surface area contributed by atoms with Crippen molar-refractivity contribution in [2.45, 2.75) is 19.9 Å². The van der Waals surface area contributed by atoms with Gasteiger partial charge >= 0.3 is 6.03 Å². The average Bonchev–Trinajstić information content (AvgIpc) is 3.11. The highest BCUT2D eigenvalue weighted by Crippen LogP contribution is 2.19. The van der Waals surface area contributed by atoms with Crippen LogP contribution in [0.3, 0.4) is 0 Å². The van der Waals surface area contributed by atoms with Gasteiger partial charge in [0.25, 0.3) is 5.56 Å². The predicted molar refractivity (Wildman–Crippen MR) is 108 cm³/mol. The molecule has 3 aromatic rings. The fraction of sp³-hybridized carbons (Fsp3) is 0.368. The summed E-state index contributed by atoms with van der Waals surface area (Å²) in [5.41, 5.74) is 2.44. The molecule has 1 fully saturated rings. The normalized spacial score (nSPS) is 14.5. The molecule has 3 heterocycles. The van der Waals surface area contributed by atoms with E-state index in [1.807, 2.05) is 29.4 Å². The molecule has 28 heavy (non-hydrogen) atoms. The fourth-order valence-corrected chi connectivity index (χ4v) is 3.45. The molecule has 9 heteroatoms. The second-order valence-electron chi connectivity index (χ2n) is 6.79. The van der Waals surface area contributed by atoms with Gasteiger partial charge in [0.1, 0.15) is 0 Å². The summed E-state index contributed by atoms with van der Waals surface area (Å²) < 4.78 is 2.11. The number of benzene rings is 1. The number of carbonyl (C=O) groups excluding carboxylic acids is 1. The largest absolute Gasteiger partial charge is 0.348 e. The minimum atomic E-state index is -0.212. The summed E-state index contributed by atoms with van der Waals surface area (Å²) in [6, 6.07) is 5.63. The van der Waals surface area contributed by atoms with E-state index in [2.05, 4.69) is 31.8 Å². The van der Waals surface area contributed by atoms with Gasteiger partial charge in [-0.1, -0.05) is 6.92 Å². The van der Waals surface area contributed by atoms with Gasteiger partial charge in [-0.05, 0) is 24.6 Å². The Hall–Kier alpha value is -3.36. The molecule has 0 aliphatic carbocycles. The number of hydrogen-bond acceptors (Lipinski definition) is 5. The highest BCUT2D eigenvalue weighted by atomic mass is 16.2. The summed E-state index contributed by atoms with van der Waals surface area (Å²) in [7, 11) is 0. The molecule has 1 aliphatic rings. The van der Waals surface area contributed by atoms with E-state index in [-0.39, 0.29) is 11.6 Å². The number of H-pyrrole nitrogens is 1. The number of aryl methyl sites for hydroxylation is 1. The summed E-state index contributed by atoms with van der Waals surface area (Å²) in [5, 5.41) is 2.95. The van der Waals surface area contributed by atoms with Crippen LogP contribution in [0.1, 0.15) is 13.3 Å². The summed E-state index contributed by atoms with van der Waals surface area (Å²) in [6.45, 7) is 5.22. The first kappa shape index (κ1) is 18.0. The number of aromatic nitrogens is 4. The molecular formula is C19H23N7O2. The number of rotatable bonds is 4. The van der Waals surface area contributed by atoms with Crippen LogP contribution in [0.15, 0.2) is 41.7 Å². The molecule has 1 aromatic carbocycles. The van der Waals surface area contributed by atoms with Crippen LogP contribution >= 0.6 is 0 Å². The Morgan fingerprint density at radius 1 is 1.21 bits per heavy atom. The molecule has 0 unspecified atom stereocenters. The van der Waals surface area contributed by atoms with E-state index < -0.39 is 0 Å². The Morgan fingerprint density at radius 3 is 2.79 bits per heavy atom. The number of fused-ring (bicyclic) bond motifs is 1. The lowest BCUT2D eigenvalue weighted by molar-refractivity contribution is 0.208. The molecule has 9 nitrogen and oxygen atoms in total. The first-order valence-electron chi connectivity index (χ1n) is 9.45. The van der Waals surface area contributed by atoms with Gasteiger partial charge in [-0.3, -0.25) is 4.79 Å². The van der Waals surface area contributed by atoms with Crippen molar-refractivity contribution in [1.82, 2.24) is 24.4 Å². The molecule has 1 saturated heterocycles. The number of amides is 2. The monoisotopic (exact) mass is 381 g/mol. The minimum absolute atomic E-state index is 0.151. The summed E-state index contributed by atoms with van der Waals surface area (Å²) in [4.78, 5) is 39.3. The predicted octanol–water partition coefficient (Wildman–Crippen LogP) is 1.88. The van der Waals surface area contributed by atoms with Crippen molar-refractivity contribution in [2.75, 3.05) is 36.4 Å². The quantitative estimate of drug-likeness (QED) is 0.719. The van der Waals surface area contributed by atoms with E-state index in [0.29, 0.717) is 32.0 Å². The van der Waals surface area contributed by atoms with Gasteiger partial charge in [0, 0.05) is 50.8 Å². The first-order valence-corrected chi connectivity index (χ1v) is 9.45. The molecule has 1 aliphatic heterocycles. The zero-order valence-corrected chi connectivity index (χ0v) is 15.8. The van der Waals surface area contributed by atoms with Crippen molar-refractivity contribution in [2.24, 2.45) is 0 Å². The van der Waals surface area contributed by atoms with E-state index in [0.717, 1.165) is 29.7 Å². The van der Waals surface area contributed by atoms with Crippen molar-refractivity contribution in [3.05, 3.63) is 47.3 Å². The van der Waals surface area contributed by atoms with Crippen LogP contribution in [0.2, 0.25) is 0 Å². The number of nitrogens with one attached hydrogen (secondary N) is 2. The lowest BCUT2D eigenvalue weighted by Crippen LogP contribution is -2.51. The second-order valence-corrected chi connectivity index (χ2v) is 6.79. The Labute approximate surface area is 162 Å². The third-order valence-electron chi connectivity index (χ3n) is 4.89. The van der Waals surface area contributed by atoms with E-state index >= 15 is 0 Å². The molecule has 2 aromatic heterocycles. The van der Waals surface area contributed by atoms with Crippen molar-refractivity contribution in [1.29, 1.82) is 0 Å². The zero-order valence-electron chi connectivity index (χ0n) is 15.8. The average molecular weight is 381 g/mol. The van der Waals surface area contributed by atoms with Gasteiger partial charge in [-0.15, -0.1) is 0 Å². The summed E-state index contributed by atoms with van der Waals surface area (Å²) in [6.07, 6.45) is 5.95. The number of hydrogen-bond donors (Lipinski definition) is 2. The van der Waals surface area contributed by atoms with Crippen molar-refractivity contribution < 1.29 is 4.79 Å². The van der Waals surface area contributed by atoms with E-state index in [9.17, 15) is 9.59 Å². The highest BCUT2D eigenvalue weighted by molar-refractivity contribution is 5.92. The molecule has 0 saturated carbocycles. The molecule has 0 bridgehead atoms. The molecular weight excluding hydrogens is 358 g/mol. The molecule has 0 atom stereocenters. The van der Waals surface area contributed by atoms with Gasteiger partial charge < -0.3 is 24.7 Å². The van der Waals surface area contributed by atoms with Gasteiger partial charge in [0.2, 0.25) is 0 Å². The maximum absolute atomic E-state index is 12.6. The third kappa shape index (κ3) is 3.55. The van der Waals surface area contributed by atoms with E-state index in [1.54, 1.807) is 11.1 Å². The van der Waals surface area contributed by atoms with Gasteiger partial charge in [0.05, 0.1) is 17.4 Å². The zero-order chi connectivity index (χ0) is 19.5. The van der Waals surface area contributed by atoms with Crippen molar-refractivity contribution in [3.8, 4) is 0 Å². The maximum Gasteiger partial charge on any atom is 0.321 e. The first-order chi connectivity index (χ1) is 13.7. The number of urea groups is 1. The molecule has 0 radical (unpaired) electrons. The number of piperazine rings is 1. The number of nitrogens with zero attached hydrogens (tertiary/aromatic N) is 5. The van der Waals surface area contributed by atoms with Crippen LogP contribution in [0.25, 0.3) is 11.0 Å². The van der Waals surface area contributed by atoms with Crippen LogP contribution in [-0.4, -0.2) is 56.6 Å². The van der Waals surface area contributed by atoms with E-state index in [1.165, 1.54) is 6.20 Å². The number of imidazole rings is 1. The maximum atomic E-state index is 12.6. The number of anilines is 2. The van der Waals surface area contributed by atoms with Crippen LogP contribution in [0, 0.1) is 0 Å². The highest BCUT2D eigenvalue weighted by Gasteiger charge is 2.23. The molecule has 2 N–H and O–H groups in total. The smallest absolute Gasteiger partial charge is 0.321 e. The van der Waals surface area contributed by atoms with Crippen molar-refractivity contribution >= 4 is 28.6 Å². The number of aromatic amines is 1. The fourth-order valence-electron chi connectivity index (χ4n) is 3.45. The van der Waals surface area contributed by atoms with E-state index in [4.69, 9.17) is 0 Å². The Morgan fingerprint density at radius 2 is 2.04 bits per heavy atom. The van der Waals surface area contributed by atoms with Gasteiger partial charge in [-0.25, -0.2) is 14.8 Å². The Balaban J connectivity index is 1.39. The SMILES string of the molecule is CCCn1cnc2cc(NC(=O)N3CCN(c4ncc[nH]c4=O)CC3)ccc21. The Kier molecular flexibility index (Phi) is 4.96. The summed E-state index contributed by atoms with van der Waals surface area (Å²) >= 11 is 0.